The number of aromatic nitrogens is 1. The third kappa shape index (κ3) is 9.25. The molecule has 0 spiro atoms. The summed E-state index contributed by atoms with van der Waals surface area (Å²) in [5, 5.41) is 39.4. The number of aliphatic carboxylic acids is 1. The van der Waals surface area contributed by atoms with Crippen LogP contribution in [0.2, 0.25) is 0 Å². The minimum absolute atomic E-state index is 0.0282. The van der Waals surface area contributed by atoms with E-state index in [-0.39, 0.29) is 12.2 Å². The quantitative estimate of drug-likeness (QED) is 0.290. The van der Waals surface area contributed by atoms with Crippen LogP contribution in [-0.2, 0) is 4.79 Å². The van der Waals surface area contributed by atoms with E-state index in [4.69, 9.17) is 26.2 Å². The highest BCUT2D eigenvalue weighted by Crippen LogP contribution is 2.09. The summed E-state index contributed by atoms with van der Waals surface area (Å²) >= 11 is 3.04. The highest BCUT2D eigenvalue weighted by Gasteiger charge is 2.20. The van der Waals surface area contributed by atoms with Gasteiger partial charge in [-0.25, -0.2) is 0 Å². The number of nitrogens with zero attached hydrogens (tertiary/aromatic N) is 1. The molecule has 1 aromatic rings. The van der Waals surface area contributed by atoms with Crippen LogP contribution >= 0.6 is 15.9 Å². The highest BCUT2D eigenvalue weighted by atomic mass is 79.9. The number of nitrogens with two attached hydrogens (primary N) is 1. The van der Waals surface area contributed by atoms with Crippen molar-refractivity contribution in [1.29, 1.82) is 0 Å². The van der Waals surface area contributed by atoms with E-state index in [0.29, 0.717) is 17.6 Å². The number of aliphatic hydroxyl groups is 3. The number of rotatable bonds is 8. The Balaban J connectivity index is 0.000000515. The van der Waals surface area contributed by atoms with Gasteiger partial charge in [0.15, 0.2) is 0 Å². The summed E-state index contributed by atoms with van der Waals surface area (Å²) in [4.78, 5) is 21.5. The van der Waals surface area contributed by atoms with Crippen molar-refractivity contribution in [3.8, 4) is 0 Å². The first-order valence-electron chi connectivity index (χ1n) is 6.51. The number of carboxylic acids is 1. The third-order valence-electron chi connectivity index (χ3n) is 2.50. The highest BCUT2D eigenvalue weighted by molar-refractivity contribution is 9.10. The Labute approximate surface area is 140 Å². The number of aliphatic hydroxyl groups excluding tert-OH is 3. The van der Waals surface area contributed by atoms with Crippen LogP contribution in [0.15, 0.2) is 15.2 Å². The zero-order chi connectivity index (χ0) is 17.9. The molecule has 0 aliphatic rings. The summed E-state index contributed by atoms with van der Waals surface area (Å²) in [6, 6.07) is 1.44. The number of hydrogen-bond donors (Lipinski definition) is 6. The van der Waals surface area contributed by atoms with Crippen LogP contribution in [0.4, 0.5) is 0 Å². The molecule has 0 unspecified atom stereocenters. The number of nitrogens with one attached hydrogen (secondary N) is 1. The number of halogens is 1. The molecule has 1 aromatic heterocycles. The molecule has 7 N–H and O–H groups in total. The molecule has 132 valence electrons. The van der Waals surface area contributed by atoms with E-state index in [1.165, 1.54) is 6.07 Å². The second kappa shape index (κ2) is 11.1. The van der Waals surface area contributed by atoms with Gasteiger partial charge in [0, 0.05) is 19.0 Å². The standard InChI is InChI=1S/C8H9BrN2O4.C4H11NO3/c9-6-4-5(15-11-6)8(14)10-3-1-2-7(12)13;5-4(1-6,2-7)3-8/h4H,1-3H2,(H,10,14)(H,12,13);6-8H,1-3,5H2. The lowest BCUT2D eigenvalue weighted by atomic mass is 10.1. The maximum Gasteiger partial charge on any atom is 0.303 e. The van der Waals surface area contributed by atoms with Crippen LogP contribution in [-0.4, -0.2) is 69.4 Å². The Morgan fingerprint density at radius 2 is 1.87 bits per heavy atom. The van der Waals surface area contributed by atoms with Gasteiger partial charge < -0.3 is 36.0 Å². The van der Waals surface area contributed by atoms with Crippen LogP contribution < -0.4 is 11.1 Å². The molecule has 1 rings (SSSR count). The van der Waals surface area contributed by atoms with Gasteiger partial charge in [-0.3, -0.25) is 9.59 Å². The predicted molar refractivity (Wildman–Crippen MR) is 81.6 cm³/mol. The van der Waals surface area contributed by atoms with E-state index in [1.54, 1.807) is 0 Å². The molecule has 0 saturated heterocycles. The molecular formula is C12H20BrN3O7. The molecule has 10 nitrogen and oxygen atoms in total. The van der Waals surface area contributed by atoms with Gasteiger partial charge in [-0.05, 0) is 22.4 Å². The second-order valence-electron chi connectivity index (χ2n) is 4.60. The van der Waals surface area contributed by atoms with Crippen LogP contribution in [0.1, 0.15) is 23.4 Å². The lowest BCUT2D eigenvalue weighted by Gasteiger charge is -2.20. The van der Waals surface area contributed by atoms with Gasteiger partial charge in [-0.2, -0.15) is 0 Å². The fourth-order valence-corrected chi connectivity index (χ4v) is 1.32. The number of carbonyl (C=O) groups excluding carboxylic acids is 1. The number of amides is 1. The number of carbonyl (C=O) groups is 2. The van der Waals surface area contributed by atoms with Gasteiger partial charge in [0.25, 0.3) is 5.91 Å². The summed E-state index contributed by atoms with van der Waals surface area (Å²) < 4.78 is 5.12. The fraction of sp³-hybridized carbons (Fsp3) is 0.583. The molecular weight excluding hydrogens is 378 g/mol. The van der Waals surface area contributed by atoms with Crippen molar-refractivity contribution in [3.63, 3.8) is 0 Å². The average Bonchev–Trinajstić information content (AvgIpc) is 2.97. The van der Waals surface area contributed by atoms with Gasteiger partial charge in [0.05, 0.1) is 25.4 Å². The summed E-state index contributed by atoms with van der Waals surface area (Å²) in [6.45, 7) is -0.913. The van der Waals surface area contributed by atoms with Gasteiger partial charge in [-0.1, -0.05) is 5.16 Å². The van der Waals surface area contributed by atoms with E-state index in [1.807, 2.05) is 0 Å². The Morgan fingerprint density at radius 3 is 2.22 bits per heavy atom. The van der Waals surface area contributed by atoms with Gasteiger partial charge in [0.2, 0.25) is 5.76 Å². The number of hydrogen-bond acceptors (Lipinski definition) is 8. The van der Waals surface area contributed by atoms with Crippen molar-refractivity contribution in [2.75, 3.05) is 26.4 Å². The Morgan fingerprint density at radius 1 is 1.30 bits per heavy atom. The minimum atomic E-state index is -1.21. The zero-order valence-electron chi connectivity index (χ0n) is 12.2. The van der Waals surface area contributed by atoms with Crippen LogP contribution in [0, 0.1) is 0 Å². The molecule has 0 aromatic carbocycles. The van der Waals surface area contributed by atoms with Gasteiger partial charge in [-0.15, -0.1) is 0 Å². The second-order valence-corrected chi connectivity index (χ2v) is 5.42. The molecule has 0 saturated carbocycles. The Kier molecular flexibility index (Phi) is 10.3. The first-order chi connectivity index (χ1) is 10.8. The maximum atomic E-state index is 11.3. The van der Waals surface area contributed by atoms with Crippen LogP contribution in [0.25, 0.3) is 0 Å². The molecule has 1 amide bonds. The third-order valence-corrected chi connectivity index (χ3v) is 2.88. The molecule has 0 atom stereocenters. The first kappa shape index (κ1) is 21.5. The van der Waals surface area contributed by atoms with Crippen molar-refractivity contribution >= 4 is 27.8 Å². The monoisotopic (exact) mass is 397 g/mol. The summed E-state index contributed by atoms with van der Waals surface area (Å²) in [5.74, 6) is -1.19. The first-order valence-corrected chi connectivity index (χ1v) is 7.31. The smallest absolute Gasteiger partial charge is 0.303 e. The molecule has 1 heterocycles. The van der Waals surface area contributed by atoms with Crippen molar-refractivity contribution in [2.45, 2.75) is 18.4 Å². The maximum absolute atomic E-state index is 11.3. The Hall–Kier alpha value is -1.53. The minimum Gasteiger partial charge on any atom is -0.481 e. The summed E-state index contributed by atoms with van der Waals surface area (Å²) in [7, 11) is 0. The average molecular weight is 398 g/mol. The molecule has 0 radical (unpaired) electrons. The SMILES string of the molecule is NC(CO)(CO)CO.O=C(O)CCCNC(=O)c1cc(Br)no1. The van der Waals surface area contributed by atoms with Crippen LogP contribution in [0.5, 0.6) is 0 Å². The topological polar surface area (TPSA) is 179 Å². The van der Waals surface area contributed by atoms with E-state index >= 15 is 0 Å². The largest absolute Gasteiger partial charge is 0.481 e. The fourth-order valence-electron chi connectivity index (χ4n) is 1.04. The van der Waals surface area contributed by atoms with E-state index in [9.17, 15) is 9.59 Å². The lowest BCUT2D eigenvalue weighted by Crippen LogP contribution is -2.50. The van der Waals surface area contributed by atoms with Crippen LogP contribution in [0.3, 0.4) is 0 Å². The number of carboxylic acid groups (broad SMARTS) is 1. The Bertz CT molecular complexity index is 482. The van der Waals surface area contributed by atoms with E-state index in [2.05, 4.69) is 30.9 Å². The van der Waals surface area contributed by atoms with Crippen molar-refractivity contribution in [1.82, 2.24) is 10.5 Å². The predicted octanol–water partition coefficient (Wildman–Crippen LogP) is -1.31. The van der Waals surface area contributed by atoms with Crippen molar-refractivity contribution in [2.24, 2.45) is 5.73 Å². The van der Waals surface area contributed by atoms with Crippen molar-refractivity contribution in [3.05, 3.63) is 16.4 Å². The molecule has 0 aliphatic carbocycles. The molecule has 0 aliphatic heterocycles. The molecule has 11 heteroatoms. The lowest BCUT2D eigenvalue weighted by molar-refractivity contribution is -0.137. The molecule has 0 bridgehead atoms. The summed E-state index contributed by atoms with van der Waals surface area (Å²) in [5.41, 5.74) is 3.94. The normalized spacial score (nSPS) is 10.7. The van der Waals surface area contributed by atoms with E-state index < -0.39 is 37.2 Å². The zero-order valence-corrected chi connectivity index (χ0v) is 13.8. The molecule has 0 fully saturated rings. The molecule has 23 heavy (non-hydrogen) atoms. The van der Waals surface area contributed by atoms with Crippen molar-refractivity contribution < 1.29 is 34.5 Å². The van der Waals surface area contributed by atoms with Gasteiger partial charge in [0.1, 0.15) is 4.60 Å². The van der Waals surface area contributed by atoms with Gasteiger partial charge >= 0.3 is 5.97 Å². The summed E-state index contributed by atoms with van der Waals surface area (Å²) in [6.07, 6.45) is 0.413. The van der Waals surface area contributed by atoms with E-state index in [0.717, 1.165) is 0 Å².